The maximum absolute atomic E-state index is 13.8. The van der Waals surface area contributed by atoms with Crippen LogP contribution in [-0.2, 0) is 22.7 Å². The second kappa shape index (κ2) is 10.3. The predicted octanol–water partition coefficient (Wildman–Crippen LogP) is 1.17. The van der Waals surface area contributed by atoms with Crippen molar-refractivity contribution in [3.05, 3.63) is 75.3 Å². The van der Waals surface area contributed by atoms with Gasteiger partial charge < -0.3 is 15.9 Å². The molecule has 0 saturated carbocycles. The highest BCUT2D eigenvalue weighted by atomic mass is 16.3. The van der Waals surface area contributed by atoms with Crippen LogP contribution in [0.4, 0.5) is 17.2 Å². The van der Waals surface area contributed by atoms with Crippen LogP contribution in [0.1, 0.15) is 31.9 Å². The Morgan fingerprint density at radius 2 is 1.94 bits per heavy atom. The Morgan fingerprint density at radius 3 is 2.58 bits per heavy atom. The Morgan fingerprint density at radius 1 is 1.19 bits per heavy atom. The van der Waals surface area contributed by atoms with Crippen LogP contribution in [0.3, 0.4) is 0 Å². The second-order valence-corrected chi connectivity index (χ2v) is 8.32. The molecule has 4 rings (SSSR count). The van der Waals surface area contributed by atoms with Crippen LogP contribution in [-0.4, -0.2) is 33.1 Å². The van der Waals surface area contributed by atoms with E-state index in [2.05, 4.69) is 10.1 Å². The number of nitrogens with two attached hydrogens (primary N) is 2. The Bertz CT molecular complexity index is 1390. The zero-order valence-electron chi connectivity index (χ0n) is 19.7. The third-order valence-corrected chi connectivity index (χ3v) is 5.86. The van der Waals surface area contributed by atoms with Crippen molar-refractivity contribution in [2.24, 2.45) is 10.8 Å². The highest BCUT2D eigenvalue weighted by Gasteiger charge is 2.38. The minimum Gasteiger partial charge on any atom is -0.467 e. The van der Waals surface area contributed by atoms with Gasteiger partial charge in [-0.15, -0.1) is 0 Å². The van der Waals surface area contributed by atoms with E-state index in [0.29, 0.717) is 17.9 Å². The summed E-state index contributed by atoms with van der Waals surface area (Å²) < 4.78 is 6.63. The highest BCUT2D eigenvalue weighted by Crippen LogP contribution is 2.27. The molecule has 0 bridgehead atoms. The molecule has 3 heterocycles. The number of rotatable bonds is 9. The maximum Gasteiger partial charge on any atom is 0.330 e. The van der Waals surface area contributed by atoms with Crippen molar-refractivity contribution in [3.8, 4) is 0 Å². The van der Waals surface area contributed by atoms with Gasteiger partial charge in [-0.05, 0) is 30.7 Å². The van der Waals surface area contributed by atoms with Crippen LogP contribution in [0.5, 0.6) is 0 Å². The summed E-state index contributed by atoms with van der Waals surface area (Å²) in [5.41, 5.74) is 10.8. The number of amides is 2. The zero-order valence-corrected chi connectivity index (χ0v) is 19.7. The van der Waals surface area contributed by atoms with Crippen LogP contribution >= 0.6 is 0 Å². The maximum atomic E-state index is 13.8. The number of aromatic amines is 1. The molecule has 1 unspecified atom stereocenters. The number of benzene rings is 1. The Balaban J connectivity index is 1.80. The van der Waals surface area contributed by atoms with Crippen LogP contribution in [0.2, 0.25) is 0 Å². The average Bonchev–Trinajstić information content (AvgIpc) is 3.54. The Labute approximate surface area is 205 Å². The van der Waals surface area contributed by atoms with Crippen LogP contribution < -0.4 is 32.6 Å². The number of aromatic nitrogens is 2. The SMILES string of the molecule is CCCCn1c(N)c(N(Cc2ccco2)C(=O)C2=NN(c3ccccc3)C(C(N)=O)C2)c(=O)[nH]c1=O. The van der Waals surface area contributed by atoms with Gasteiger partial charge in [0, 0.05) is 13.0 Å². The summed E-state index contributed by atoms with van der Waals surface area (Å²) in [6.45, 7) is 2.06. The molecule has 0 spiro atoms. The number of H-pyrrole nitrogens is 1. The molecule has 2 aromatic heterocycles. The van der Waals surface area contributed by atoms with Gasteiger partial charge >= 0.3 is 5.69 Å². The molecule has 1 aliphatic heterocycles. The molecule has 12 heteroatoms. The molecule has 2 amide bonds. The number of hydrazone groups is 1. The van der Waals surface area contributed by atoms with Crippen molar-refractivity contribution in [2.45, 2.75) is 45.3 Å². The van der Waals surface area contributed by atoms with Gasteiger partial charge in [0.1, 0.15) is 23.3 Å². The summed E-state index contributed by atoms with van der Waals surface area (Å²) in [5.74, 6) is -1.11. The lowest BCUT2D eigenvalue weighted by molar-refractivity contribution is -0.119. The number of carbonyl (C=O) groups is 2. The number of hydrogen-bond donors (Lipinski definition) is 3. The fourth-order valence-corrected chi connectivity index (χ4v) is 4.02. The minimum absolute atomic E-state index is 0.000632. The number of nitrogens with zero attached hydrogens (tertiary/aromatic N) is 4. The first kappa shape index (κ1) is 24.5. The van der Waals surface area contributed by atoms with Crippen molar-refractivity contribution in [3.63, 3.8) is 0 Å². The molecule has 0 aliphatic carbocycles. The lowest BCUT2D eigenvalue weighted by Gasteiger charge is -2.23. The number of nitrogen functional groups attached to an aromatic ring is 1. The van der Waals surface area contributed by atoms with Gasteiger partial charge in [-0.3, -0.25) is 33.8 Å². The van der Waals surface area contributed by atoms with E-state index in [0.717, 1.165) is 11.3 Å². The van der Waals surface area contributed by atoms with Gasteiger partial charge in [0.2, 0.25) is 5.91 Å². The normalized spacial score (nSPS) is 15.1. The van der Waals surface area contributed by atoms with E-state index in [4.69, 9.17) is 15.9 Å². The number of primary amides is 1. The molecule has 1 atom stereocenters. The van der Waals surface area contributed by atoms with Gasteiger partial charge in [0.25, 0.3) is 11.5 Å². The van der Waals surface area contributed by atoms with Crippen molar-refractivity contribution in [2.75, 3.05) is 15.6 Å². The molecular weight excluding hydrogens is 466 g/mol. The molecule has 1 aromatic carbocycles. The quantitative estimate of drug-likeness (QED) is 0.401. The lowest BCUT2D eigenvalue weighted by atomic mass is 10.1. The number of unbranched alkanes of at least 4 members (excludes halogenated alkanes) is 1. The monoisotopic (exact) mass is 493 g/mol. The molecule has 188 valence electrons. The van der Waals surface area contributed by atoms with E-state index in [1.165, 1.54) is 15.8 Å². The van der Waals surface area contributed by atoms with Gasteiger partial charge in [0.05, 0.1) is 18.5 Å². The first-order chi connectivity index (χ1) is 17.3. The summed E-state index contributed by atoms with van der Waals surface area (Å²) in [6.07, 6.45) is 2.78. The van der Waals surface area contributed by atoms with E-state index < -0.39 is 29.1 Å². The fourth-order valence-electron chi connectivity index (χ4n) is 4.02. The fraction of sp³-hybridized carbons (Fsp3) is 0.292. The van der Waals surface area contributed by atoms with E-state index in [-0.39, 0.29) is 36.7 Å². The molecule has 12 nitrogen and oxygen atoms in total. The molecule has 0 fully saturated rings. The summed E-state index contributed by atoms with van der Waals surface area (Å²) >= 11 is 0. The third-order valence-electron chi connectivity index (χ3n) is 5.86. The number of anilines is 3. The van der Waals surface area contributed by atoms with Gasteiger partial charge in [-0.2, -0.15) is 5.10 Å². The predicted molar refractivity (Wildman–Crippen MR) is 134 cm³/mol. The van der Waals surface area contributed by atoms with Crippen molar-refractivity contribution >= 4 is 34.7 Å². The van der Waals surface area contributed by atoms with Crippen LogP contribution in [0.25, 0.3) is 0 Å². The Hall–Kier alpha value is -4.61. The number of nitrogens with one attached hydrogen (secondary N) is 1. The standard InChI is InChI=1S/C24H27N7O5/c1-2-3-11-29-20(25)19(22(33)27-24(29)35)30(14-16-10-7-12-36-16)23(34)17-13-18(21(26)32)31(28-17)15-8-5-4-6-9-15/h4-10,12,18H,2-3,11,13-14,25H2,1H3,(H2,26,32)(H,27,33,35). The summed E-state index contributed by atoms with van der Waals surface area (Å²) in [6, 6.07) is 11.2. The smallest absolute Gasteiger partial charge is 0.330 e. The van der Waals surface area contributed by atoms with E-state index >= 15 is 0 Å². The second-order valence-electron chi connectivity index (χ2n) is 8.32. The van der Waals surface area contributed by atoms with Crippen molar-refractivity contribution in [1.82, 2.24) is 9.55 Å². The molecule has 36 heavy (non-hydrogen) atoms. The molecular formula is C24H27N7O5. The topological polar surface area (TPSA) is 173 Å². The zero-order chi connectivity index (χ0) is 25.8. The molecule has 3 aromatic rings. The Kier molecular flexibility index (Phi) is 7.04. The number of hydrogen-bond acceptors (Lipinski definition) is 8. The van der Waals surface area contributed by atoms with E-state index in [1.807, 2.05) is 13.0 Å². The van der Waals surface area contributed by atoms with E-state index in [1.54, 1.807) is 36.4 Å². The molecule has 0 saturated heterocycles. The first-order valence-corrected chi connectivity index (χ1v) is 11.5. The highest BCUT2D eigenvalue weighted by molar-refractivity contribution is 6.45. The number of carbonyl (C=O) groups excluding carboxylic acids is 2. The van der Waals surface area contributed by atoms with Gasteiger partial charge in [-0.1, -0.05) is 31.5 Å². The lowest BCUT2D eigenvalue weighted by Crippen LogP contribution is -2.44. The molecule has 5 N–H and O–H groups in total. The van der Waals surface area contributed by atoms with Crippen molar-refractivity contribution < 1.29 is 14.0 Å². The number of furan rings is 1. The van der Waals surface area contributed by atoms with Crippen LogP contribution in [0.15, 0.2) is 67.8 Å². The summed E-state index contributed by atoms with van der Waals surface area (Å²) in [5, 5.41) is 5.78. The molecule has 0 radical (unpaired) electrons. The van der Waals surface area contributed by atoms with E-state index in [9.17, 15) is 19.2 Å². The number of para-hydroxylation sites is 1. The van der Waals surface area contributed by atoms with Crippen molar-refractivity contribution in [1.29, 1.82) is 0 Å². The molecule has 1 aliphatic rings. The largest absolute Gasteiger partial charge is 0.467 e. The third kappa shape index (κ3) is 4.78. The average molecular weight is 494 g/mol. The minimum atomic E-state index is -0.897. The summed E-state index contributed by atoms with van der Waals surface area (Å²) in [7, 11) is 0. The van der Waals surface area contributed by atoms with Gasteiger partial charge in [0.15, 0.2) is 5.69 Å². The first-order valence-electron chi connectivity index (χ1n) is 11.5. The van der Waals surface area contributed by atoms with Gasteiger partial charge in [-0.25, -0.2) is 4.79 Å². The summed E-state index contributed by atoms with van der Waals surface area (Å²) in [4.78, 5) is 54.7. The van der Waals surface area contributed by atoms with Crippen LogP contribution in [0, 0.1) is 0 Å².